The van der Waals surface area contributed by atoms with E-state index < -0.39 is 5.97 Å². The van der Waals surface area contributed by atoms with Crippen LogP contribution in [0.5, 0.6) is 0 Å². The van der Waals surface area contributed by atoms with Gasteiger partial charge in [-0.3, -0.25) is 4.98 Å². The molecule has 17 heavy (non-hydrogen) atoms. The lowest BCUT2D eigenvalue weighted by molar-refractivity contribution is 0.0696. The summed E-state index contributed by atoms with van der Waals surface area (Å²) in [6, 6.07) is 6.43. The van der Waals surface area contributed by atoms with Crippen molar-refractivity contribution in [3.05, 3.63) is 47.4 Å². The monoisotopic (exact) mass is 266 g/mol. The van der Waals surface area contributed by atoms with Crippen molar-refractivity contribution in [2.24, 2.45) is 0 Å². The first-order chi connectivity index (χ1) is 8.15. The Kier molecular flexibility index (Phi) is 3.61. The minimum absolute atomic E-state index is 0.126. The van der Waals surface area contributed by atoms with Crippen LogP contribution >= 0.6 is 23.4 Å². The van der Waals surface area contributed by atoms with E-state index in [0.717, 1.165) is 4.90 Å². The SMILES string of the molecule is O=C(O)c1cc(Cl)nc(Sc2ccncc2)c1. The number of aromatic carboxylic acids is 1. The van der Waals surface area contributed by atoms with Crippen molar-refractivity contribution < 1.29 is 9.90 Å². The Balaban J connectivity index is 2.30. The average Bonchev–Trinajstić information content (AvgIpc) is 2.29. The van der Waals surface area contributed by atoms with Gasteiger partial charge in [0.2, 0.25) is 0 Å². The number of carboxylic acid groups (broad SMARTS) is 1. The van der Waals surface area contributed by atoms with Crippen LogP contribution < -0.4 is 0 Å². The summed E-state index contributed by atoms with van der Waals surface area (Å²) in [5.74, 6) is -1.02. The third-order valence-electron chi connectivity index (χ3n) is 1.89. The highest BCUT2D eigenvalue weighted by atomic mass is 35.5. The molecule has 0 bridgehead atoms. The quantitative estimate of drug-likeness (QED) is 0.866. The molecule has 6 heteroatoms. The van der Waals surface area contributed by atoms with Crippen LogP contribution in [0.3, 0.4) is 0 Å². The van der Waals surface area contributed by atoms with Crippen molar-refractivity contribution in [3.8, 4) is 0 Å². The van der Waals surface area contributed by atoms with Crippen LogP contribution in [0.15, 0.2) is 46.6 Å². The van der Waals surface area contributed by atoms with Crippen LogP contribution in [-0.4, -0.2) is 21.0 Å². The number of carbonyl (C=O) groups is 1. The maximum absolute atomic E-state index is 10.9. The van der Waals surface area contributed by atoms with Crippen molar-refractivity contribution in [1.29, 1.82) is 0 Å². The summed E-state index contributed by atoms with van der Waals surface area (Å²) in [5.41, 5.74) is 0.126. The van der Waals surface area contributed by atoms with Gasteiger partial charge in [-0.2, -0.15) is 0 Å². The van der Waals surface area contributed by atoms with Crippen LogP contribution in [0.4, 0.5) is 0 Å². The highest BCUT2D eigenvalue weighted by Crippen LogP contribution is 2.27. The smallest absolute Gasteiger partial charge is 0.335 e. The molecule has 2 aromatic heterocycles. The van der Waals surface area contributed by atoms with E-state index in [2.05, 4.69) is 9.97 Å². The molecule has 2 rings (SSSR count). The first kappa shape index (κ1) is 11.9. The number of halogens is 1. The second-order valence-electron chi connectivity index (χ2n) is 3.11. The van der Waals surface area contributed by atoms with Crippen molar-refractivity contribution in [2.75, 3.05) is 0 Å². The minimum atomic E-state index is -1.02. The van der Waals surface area contributed by atoms with Gasteiger partial charge in [0, 0.05) is 17.3 Å². The Hall–Kier alpha value is -1.59. The Labute approximate surface area is 107 Å². The van der Waals surface area contributed by atoms with E-state index in [-0.39, 0.29) is 10.7 Å². The van der Waals surface area contributed by atoms with Crippen molar-refractivity contribution >= 4 is 29.3 Å². The van der Waals surface area contributed by atoms with Crippen LogP contribution in [0.25, 0.3) is 0 Å². The van der Waals surface area contributed by atoms with Crippen LogP contribution in [0, 0.1) is 0 Å². The van der Waals surface area contributed by atoms with Gasteiger partial charge in [-0.25, -0.2) is 9.78 Å². The van der Waals surface area contributed by atoms with E-state index in [1.165, 1.54) is 23.9 Å². The third-order valence-corrected chi connectivity index (χ3v) is 3.01. The molecular weight excluding hydrogens is 260 g/mol. The highest BCUT2D eigenvalue weighted by Gasteiger charge is 2.08. The second kappa shape index (κ2) is 5.16. The molecule has 2 aromatic rings. The number of hydrogen-bond donors (Lipinski definition) is 1. The van der Waals surface area contributed by atoms with Gasteiger partial charge in [0.1, 0.15) is 10.2 Å². The van der Waals surface area contributed by atoms with Crippen molar-refractivity contribution in [1.82, 2.24) is 9.97 Å². The molecular formula is C11H7ClN2O2S. The average molecular weight is 267 g/mol. The first-order valence-electron chi connectivity index (χ1n) is 4.64. The lowest BCUT2D eigenvalue weighted by Crippen LogP contribution is -1.97. The third kappa shape index (κ3) is 3.18. The van der Waals surface area contributed by atoms with E-state index in [4.69, 9.17) is 16.7 Å². The number of hydrogen-bond acceptors (Lipinski definition) is 4. The number of rotatable bonds is 3. The molecule has 0 aromatic carbocycles. The fourth-order valence-corrected chi connectivity index (χ4v) is 2.26. The number of nitrogens with zero attached hydrogens (tertiary/aromatic N) is 2. The Morgan fingerprint density at radius 1 is 1.29 bits per heavy atom. The number of carboxylic acids is 1. The van der Waals surface area contributed by atoms with Gasteiger partial charge in [-0.15, -0.1) is 0 Å². The maximum atomic E-state index is 10.9. The summed E-state index contributed by atoms with van der Waals surface area (Å²) in [6.45, 7) is 0. The molecule has 2 heterocycles. The van der Waals surface area contributed by atoms with Crippen LogP contribution in [0.2, 0.25) is 5.15 Å². The summed E-state index contributed by atoms with van der Waals surface area (Å²) >= 11 is 7.09. The summed E-state index contributed by atoms with van der Waals surface area (Å²) in [6.07, 6.45) is 3.32. The van der Waals surface area contributed by atoms with Gasteiger partial charge in [-0.1, -0.05) is 23.4 Å². The lowest BCUT2D eigenvalue weighted by atomic mass is 10.3. The molecule has 0 aliphatic rings. The molecule has 4 nitrogen and oxygen atoms in total. The van der Waals surface area contributed by atoms with Crippen LogP contribution in [-0.2, 0) is 0 Å². The van der Waals surface area contributed by atoms with E-state index in [1.54, 1.807) is 12.4 Å². The van der Waals surface area contributed by atoms with E-state index in [9.17, 15) is 4.79 Å². The predicted molar refractivity (Wildman–Crippen MR) is 64.6 cm³/mol. The van der Waals surface area contributed by atoms with Crippen LogP contribution in [0.1, 0.15) is 10.4 Å². The zero-order valence-electron chi connectivity index (χ0n) is 8.50. The molecule has 0 saturated carbocycles. The summed E-state index contributed by atoms with van der Waals surface area (Å²) in [4.78, 5) is 19.7. The molecule has 0 unspecified atom stereocenters. The second-order valence-corrected chi connectivity index (χ2v) is 4.59. The van der Waals surface area contributed by atoms with Gasteiger partial charge in [-0.05, 0) is 24.3 Å². The zero-order valence-corrected chi connectivity index (χ0v) is 10.1. The molecule has 0 amide bonds. The van der Waals surface area contributed by atoms with Crippen molar-refractivity contribution in [3.63, 3.8) is 0 Å². The van der Waals surface area contributed by atoms with Gasteiger partial charge in [0.15, 0.2) is 0 Å². The molecule has 0 aliphatic carbocycles. The molecule has 0 atom stereocenters. The topological polar surface area (TPSA) is 63.1 Å². The zero-order chi connectivity index (χ0) is 12.3. The lowest BCUT2D eigenvalue weighted by Gasteiger charge is -2.02. The van der Waals surface area contributed by atoms with Gasteiger partial charge in [0.25, 0.3) is 0 Å². The summed E-state index contributed by atoms with van der Waals surface area (Å²) in [7, 11) is 0. The van der Waals surface area contributed by atoms with Crippen molar-refractivity contribution in [2.45, 2.75) is 9.92 Å². The maximum Gasteiger partial charge on any atom is 0.335 e. The van der Waals surface area contributed by atoms with Gasteiger partial charge >= 0.3 is 5.97 Å². The molecule has 0 saturated heterocycles. The Morgan fingerprint density at radius 2 is 2.00 bits per heavy atom. The highest BCUT2D eigenvalue weighted by molar-refractivity contribution is 7.99. The number of pyridine rings is 2. The molecule has 0 aliphatic heterocycles. The fraction of sp³-hybridized carbons (Fsp3) is 0. The van der Waals surface area contributed by atoms with E-state index in [0.29, 0.717) is 5.03 Å². The first-order valence-corrected chi connectivity index (χ1v) is 5.83. The Bertz CT molecular complexity index is 548. The van der Waals surface area contributed by atoms with Gasteiger partial charge < -0.3 is 5.11 Å². The summed E-state index contributed by atoms with van der Waals surface area (Å²) < 4.78 is 0. The normalized spacial score (nSPS) is 10.2. The molecule has 86 valence electrons. The largest absolute Gasteiger partial charge is 0.478 e. The molecule has 0 fully saturated rings. The summed E-state index contributed by atoms with van der Waals surface area (Å²) in [5, 5.41) is 9.60. The Morgan fingerprint density at radius 3 is 2.65 bits per heavy atom. The van der Waals surface area contributed by atoms with Gasteiger partial charge in [0.05, 0.1) is 5.56 Å². The predicted octanol–water partition coefficient (Wildman–Crippen LogP) is 2.98. The number of aromatic nitrogens is 2. The molecule has 0 spiro atoms. The fourth-order valence-electron chi connectivity index (χ4n) is 1.18. The van der Waals surface area contributed by atoms with E-state index >= 15 is 0 Å². The molecule has 0 radical (unpaired) electrons. The minimum Gasteiger partial charge on any atom is -0.478 e. The standard InChI is InChI=1S/C11H7ClN2O2S/c12-9-5-7(11(15)16)6-10(14-9)17-8-1-3-13-4-2-8/h1-6H,(H,15,16). The molecule has 1 N–H and O–H groups in total. The van der Waals surface area contributed by atoms with E-state index in [1.807, 2.05) is 12.1 Å².